The quantitative estimate of drug-likeness (QED) is 0.860. The topological polar surface area (TPSA) is 24.9 Å². The second-order valence-corrected chi connectivity index (χ2v) is 6.01. The van der Waals surface area contributed by atoms with Gasteiger partial charge in [0, 0.05) is 24.4 Å². The van der Waals surface area contributed by atoms with Crippen LogP contribution < -0.4 is 5.32 Å². The molecule has 0 atom stereocenters. The van der Waals surface area contributed by atoms with E-state index < -0.39 is 0 Å². The first-order valence-electron chi connectivity index (χ1n) is 6.90. The molecule has 2 saturated carbocycles. The lowest BCUT2D eigenvalue weighted by molar-refractivity contribution is -0.0482. The number of hydrogen-bond acceptors (Lipinski definition) is 2. The van der Waals surface area contributed by atoms with Gasteiger partial charge < -0.3 is 5.32 Å². The third-order valence-electron chi connectivity index (χ3n) is 4.83. The summed E-state index contributed by atoms with van der Waals surface area (Å²) in [5.41, 5.74) is 2.54. The maximum Gasteiger partial charge on any atom is 0.0306 e. The van der Waals surface area contributed by atoms with Crippen molar-refractivity contribution in [3.8, 4) is 0 Å². The minimum atomic E-state index is 0.380. The number of aromatic nitrogens is 1. The van der Waals surface area contributed by atoms with Crippen LogP contribution in [0.3, 0.4) is 0 Å². The highest BCUT2D eigenvalue weighted by molar-refractivity contribution is 5.30. The van der Waals surface area contributed by atoms with Crippen LogP contribution in [0.15, 0.2) is 24.5 Å². The Balaban J connectivity index is 1.78. The van der Waals surface area contributed by atoms with Gasteiger partial charge in [-0.25, -0.2) is 0 Å². The minimum absolute atomic E-state index is 0.380. The fourth-order valence-corrected chi connectivity index (χ4v) is 3.89. The summed E-state index contributed by atoms with van der Waals surface area (Å²) in [6, 6.07) is 4.34. The van der Waals surface area contributed by atoms with Gasteiger partial charge in [-0.2, -0.15) is 0 Å². The van der Waals surface area contributed by atoms with Crippen molar-refractivity contribution in [1.29, 1.82) is 0 Å². The Bertz CT molecular complexity index is 373. The van der Waals surface area contributed by atoms with E-state index in [4.69, 9.17) is 0 Å². The molecule has 3 rings (SSSR count). The molecule has 0 radical (unpaired) electrons. The maximum atomic E-state index is 4.30. The van der Waals surface area contributed by atoms with E-state index in [2.05, 4.69) is 35.6 Å². The molecule has 2 fully saturated rings. The van der Waals surface area contributed by atoms with Crippen LogP contribution in [0, 0.1) is 5.41 Å². The van der Waals surface area contributed by atoms with E-state index >= 15 is 0 Å². The summed E-state index contributed by atoms with van der Waals surface area (Å²) in [6.07, 6.45) is 11.1. The Morgan fingerprint density at radius 1 is 1.35 bits per heavy atom. The average molecular weight is 230 g/mol. The molecule has 2 aliphatic rings. The lowest BCUT2D eigenvalue weighted by atomic mass is 9.44. The molecule has 0 aromatic carbocycles. The van der Waals surface area contributed by atoms with E-state index in [0.717, 1.165) is 13.1 Å². The first kappa shape index (κ1) is 11.2. The second kappa shape index (κ2) is 4.09. The zero-order chi connectivity index (χ0) is 11.8. The van der Waals surface area contributed by atoms with Crippen LogP contribution in [-0.4, -0.2) is 18.1 Å². The predicted octanol–water partition coefficient (Wildman–Crippen LogP) is 2.89. The number of nitrogens with one attached hydrogen (secondary N) is 1. The lowest BCUT2D eigenvalue weighted by Crippen LogP contribution is -2.57. The number of nitrogens with zero attached hydrogens (tertiary/aromatic N) is 1. The molecule has 17 heavy (non-hydrogen) atoms. The fourth-order valence-electron chi connectivity index (χ4n) is 3.89. The van der Waals surface area contributed by atoms with Crippen molar-refractivity contribution in [2.75, 3.05) is 13.1 Å². The summed E-state index contributed by atoms with van der Waals surface area (Å²) in [4.78, 5) is 4.30. The lowest BCUT2D eigenvalue weighted by Gasteiger charge is -2.61. The van der Waals surface area contributed by atoms with E-state index in [0.29, 0.717) is 10.8 Å². The Hall–Kier alpha value is -0.890. The Morgan fingerprint density at radius 3 is 2.71 bits per heavy atom. The summed E-state index contributed by atoms with van der Waals surface area (Å²) in [5.74, 6) is 0. The van der Waals surface area contributed by atoms with E-state index in [9.17, 15) is 0 Å². The van der Waals surface area contributed by atoms with Crippen molar-refractivity contribution in [3.05, 3.63) is 30.1 Å². The van der Waals surface area contributed by atoms with Gasteiger partial charge in [0.25, 0.3) is 0 Å². The molecule has 0 aliphatic heterocycles. The standard InChI is InChI=1S/C15H22N2/c1-2-16-12-15(13-5-3-8-17-9-13)10-14(11-15)6-4-7-14/h3,5,8-9,16H,2,4,6-7,10-12H2,1H3. The van der Waals surface area contributed by atoms with E-state index in [-0.39, 0.29) is 0 Å². The van der Waals surface area contributed by atoms with Gasteiger partial charge in [-0.05, 0) is 49.3 Å². The Labute approximate surface area is 104 Å². The highest BCUT2D eigenvalue weighted by Gasteiger charge is 2.57. The van der Waals surface area contributed by atoms with Crippen molar-refractivity contribution in [2.24, 2.45) is 5.41 Å². The van der Waals surface area contributed by atoms with Gasteiger partial charge in [0.15, 0.2) is 0 Å². The smallest absolute Gasteiger partial charge is 0.0306 e. The normalized spacial score (nSPS) is 24.1. The number of rotatable bonds is 4. The third kappa shape index (κ3) is 1.79. The Morgan fingerprint density at radius 2 is 2.18 bits per heavy atom. The molecular formula is C15H22N2. The molecule has 1 N–H and O–H groups in total. The summed E-state index contributed by atoms with van der Waals surface area (Å²) in [6.45, 7) is 4.38. The highest BCUT2D eigenvalue weighted by Crippen LogP contribution is 2.64. The predicted molar refractivity (Wildman–Crippen MR) is 70.0 cm³/mol. The van der Waals surface area contributed by atoms with Crippen LogP contribution >= 0.6 is 0 Å². The van der Waals surface area contributed by atoms with Gasteiger partial charge in [0.05, 0.1) is 0 Å². The van der Waals surface area contributed by atoms with Crippen LogP contribution in [0.25, 0.3) is 0 Å². The van der Waals surface area contributed by atoms with Crippen LogP contribution in [0.4, 0.5) is 0 Å². The second-order valence-electron chi connectivity index (χ2n) is 6.01. The molecule has 2 aliphatic carbocycles. The molecule has 0 amide bonds. The van der Waals surface area contributed by atoms with Crippen molar-refractivity contribution in [2.45, 2.75) is 44.4 Å². The summed E-state index contributed by atoms with van der Waals surface area (Å²) in [7, 11) is 0. The van der Waals surface area contributed by atoms with Crippen LogP contribution in [0.1, 0.15) is 44.6 Å². The SMILES string of the molecule is CCNCC1(c2cccnc2)CC2(CCC2)C1. The number of likely N-dealkylation sites (N-methyl/N-ethyl adjacent to an activating group) is 1. The first-order chi connectivity index (χ1) is 8.29. The minimum Gasteiger partial charge on any atom is -0.316 e. The molecular weight excluding hydrogens is 208 g/mol. The molecule has 0 saturated heterocycles. The van der Waals surface area contributed by atoms with Gasteiger partial charge in [-0.3, -0.25) is 4.98 Å². The molecule has 0 bridgehead atoms. The van der Waals surface area contributed by atoms with Crippen molar-refractivity contribution >= 4 is 0 Å². The summed E-state index contributed by atoms with van der Waals surface area (Å²) in [5, 5.41) is 3.55. The van der Waals surface area contributed by atoms with Gasteiger partial charge in [0.1, 0.15) is 0 Å². The Kier molecular flexibility index (Phi) is 2.70. The average Bonchev–Trinajstić information content (AvgIpc) is 2.27. The van der Waals surface area contributed by atoms with Crippen LogP contribution in [0.5, 0.6) is 0 Å². The van der Waals surface area contributed by atoms with Gasteiger partial charge >= 0.3 is 0 Å². The number of pyridine rings is 1. The van der Waals surface area contributed by atoms with E-state index in [1.807, 2.05) is 6.20 Å². The summed E-state index contributed by atoms with van der Waals surface area (Å²) < 4.78 is 0. The molecule has 2 heteroatoms. The van der Waals surface area contributed by atoms with Crippen LogP contribution in [0.2, 0.25) is 0 Å². The van der Waals surface area contributed by atoms with Crippen LogP contribution in [-0.2, 0) is 5.41 Å². The molecule has 1 heterocycles. The molecule has 0 unspecified atom stereocenters. The first-order valence-corrected chi connectivity index (χ1v) is 6.90. The van der Waals surface area contributed by atoms with Gasteiger partial charge in [-0.1, -0.05) is 19.4 Å². The van der Waals surface area contributed by atoms with E-state index in [1.54, 1.807) is 0 Å². The molecule has 2 nitrogen and oxygen atoms in total. The fraction of sp³-hybridized carbons (Fsp3) is 0.667. The molecule has 1 aromatic rings. The zero-order valence-corrected chi connectivity index (χ0v) is 10.7. The third-order valence-corrected chi connectivity index (χ3v) is 4.83. The van der Waals surface area contributed by atoms with Crippen molar-refractivity contribution in [1.82, 2.24) is 10.3 Å². The van der Waals surface area contributed by atoms with Crippen molar-refractivity contribution in [3.63, 3.8) is 0 Å². The van der Waals surface area contributed by atoms with Gasteiger partial charge in [-0.15, -0.1) is 0 Å². The van der Waals surface area contributed by atoms with E-state index in [1.165, 1.54) is 37.7 Å². The monoisotopic (exact) mass is 230 g/mol. The van der Waals surface area contributed by atoms with Gasteiger partial charge in [0.2, 0.25) is 0 Å². The maximum absolute atomic E-state index is 4.30. The zero-order valence-electron chi connectivity index (χ0n) is 10.7. The number of hydrogen-bond donors (Lipinski definition) is 1. The van der Waals surface area contributed by atoms with Crippen molar-refractivity contribution < 1.29 is 0 Å². The molecule has 1 aromatic heterocycles. The molecule has 1 spiro atoms. The summed E-state index contributed by atoms with van der Waals surface area (Å²) >= 11 is 0. The highest BCUT2D eigenvalue weighted by atomic mass is 14.9. The molecule has 92 valence electrons. The largest absolute Gasteiger partial charge is 0.316 e.